The molecule has 2 aliphatic rings. The molecule has 1 aromatic carbocycles. The van der Waals surface area contributed by atoms with Gasteiger partial charge in [0.2, 0.25) is 5.88 Å². The minimum absolute atomic E-state index is 0.0547. The van der Waals surface area contributed by atoms with Crippen molar-refractivity contribution in [2.45, 2.75) is 43.8 Å². The number of carboxylic acids is 1. The van der Waals surface area contributed by atoms with Crippen LogP contribution in [0.5, 0.6) is 11.6 Å². The van der Waals surface area contributed by atoms with Gasteiger partial charge in [-0.1, -0.05) is 11.6 Å². The summed E-state index contributed by atoms with van der Waals surface area (Å²) in [7, 11) is 1.48. The van der Waals surface area contributed by atoms with Crippen LogP contribution in [0.3, 0.4) is 0 Å². The van der Waals surface area contributed by atoms with E-state index in [2.05, 4.69) is 4.98 Å². The zero-order chi connectivity index (χ0) is 26.0. The smallest absolute Gasteiger partial charge is 0.393 e. The fourth-order valence-electron chi connectivity index (χ4n) is 4.75. The number of rotatable bonds is 7. The molecule has 12 heteroatoms. The summed E-state index contributed by atoms with van der Waals surface area (Å²) in [6.07, 6.45) is -5.26. The van der Waals surface area contributed by atoms with Crippen LogP contribution >= 0.6 is 11.6 Å². The molecule has 1 N–H and O–H groups in total. The van der Waals surface area contributed by atoms with Gasteiger partial charge in [-0.3, -0.25) is 4.79 Å². The van der Waals surface area contributed by atoms with Gasteiger partial charge in [0.05, 0.1) is 42.9 Å². The van der Waals surface area contributed by atoms with Crippen LogP contribution in [-0.4, -0.2) is 67.3 Å². The Labute approximate surface area is 210 Å². The third kappa shape index (κ3) is 5.88. The molecule has 0 saturated carbocycles. The summed E-state index contributed by atoms with van der Waals surface area (Å²) in [6.45, 7) is 0.230. The highest BCUT2D eigenvalue weighted by molar-refractivity contribution is 6.33. The highest BCUT2D eigenvalue weighted by Gasteiger charge is 2.48. The number of benzene rings is 1. The van der Waals surface area contributed by atoms with E-state index in [1.807, 2.05) is 0 Å². The summed E-state index contributed by atoms with van der Waals surface area (Å²) in [5.41, 5.74) is 1.08. The summed E-state index contributed by atoms with van der Waals surface area (Å²) < 4.78 is 65.8. The number of aliphatic carboxylic acids is 1. The van der Waals surface area contributed by atoms with Crippen LogP contribution in [-0.2, 0) is 4.79 Å². The van der Waals surface area contributed by atoms with E-state index >= 15 is 4.39 Å². The predicted octanol–water partition coefficient (Wildman–Crippen LogP) is 4.97. The van der Waals surface area contributed by atoms with Gasteiger partial charge < -0.3 is 24.4 Å². The zero-order valence-electron chi connectivity index (χ0n) is 19.4. The van der Waals surface area contributed by atoms with Crippen LogP contribution < -0.4 is 19.3 Å². The number of hydrogen-bond acceptors (Lipinski definition) is 6. The van der Waals surface area contributed by atoms with Gasteiger partial charge in [0, 0.05) is 37.3 Å². The van der Waals surface area contributed by atoms with Gasteiger partial charge in [-0.05, 0) is 30.7 Å². The third-order valence-electron chi connectivity index (χ3n) is 6.59. The molecule has 0 amide bonds. The number of ether oxygens (including phenoxy) is 2. The average Bonchev–Trinajstić information content (AvgIpc) is 3.25. The van der Waals surface area contributed by atoms with Gasteiger partial charge in [-0.2, -0.15) is 13.2 Å². The average molecular weight is 532 g/mol. The van der Waals surface area contributed by atoms with E-state index < -0.39 is 36.4 Å². The van der Waals surface area contributed by atoms with Crippen molar-refractivity contribution < 1.29 is 36.9 Å². The molecule has 4 atom stereocenters. The Kier molecular flexibility index (Phi) is 7.67. The first kappa shape index (κ1) is 26.1. The third-order valence-corrected chi connectivity index (χ3v) is 6.88. The summed E-state index contributed by atoms with van der Waals surface area (Å²) in [5.74, 6) is -2.00. The van der Waals surface area contributed by atoms with Crippen molar-refractivity contribution in [2.24, 2.45) is 5.92 Å². The molecule has 0 bridgehead atoms. The highest BCUT2D eigenvalue weighted by atomic mass is 35.5. The summed E-state index contributed by atoms with van der Waals surface area (Å²) in [5, 5.41) is 9.51. The number of piperidine rings is 1. The van der Waals surface area contributed by atoms with Crippen molar-refractivity contribution in [2.75, 3.05) is 36.5 Å². The molecular weight excluding hydrogens is 506 g/mol. The Bertz CT molecular complexity index is 1070. The second kappa shape index (κ2) is 10.6. The molecule has 36 heavy (non-hydrogen) atoms. The van der Waals surface area contributed by atoms with Gasteiger partial charge in [-0.25, -0.2) is 9.37 Å². The lowest BCUT2D eigenvalue weighted by molar-refractivity contribution is -0.169. The van der Waals surface area contributed by atoms with E-state index in [1.165, 1.54) is 18.2 Å². The van der Waals surface area contributed by atoms with Gasteiger partial charge in [0.1, 0.15) is 11.9 Å². The fourth-order valence-corrected chi connectivity index (χ4v) is 4.98. The first-order valence-electron chi connectivity index (χ1n) is 11.5. The van der Waals surface area contributed by atoms with Gasteiger partial charge in [0.15, 0.2) is 6.17 Å². The molecular formula is C24H26ClF4N3O4. The first-order valence-corrected chi connectivity index (χ1v) is 11.8. The lowest BCUT2D eigenvalue weighted by Crippen LogP contribution is -2.47. The minimum Gasteiger partial charge on any atom is -0.487 e. The number of hydrogen-bond donors (Lipinski definition) is 1. The normalized spacial score (nSPS) is 24.6. The zero-order valence-corrected chi connectivity index (χ0v) is 20.2. The number of carbonyl (C=O) groups is 1. The molecule has 2 saturated heterocycles. The molecule has 0 aliphatic carbocycles. The minimum atomic E-state index is -4.40. The SMILES string of the molecule is COc1cc(N2CCC(Oc3ccc(N4C[C@H](C(F)(F)F)C[C@@H]4CC(=O)O)cc3)C(F)C2)c(Cl)cn1. The van der Waals surface area contributed by atoms with Gasteiger partial charge in [-0.15, -0.1) is 0 Å². The number of pyridine rings is 1. The van der Waals surface area contributed by atoms with Crippen LogP contribution in [0.15, 0.2) is 36.5 Å². The predicted molar refractivity (Wildman–Crippen MR) is 126 cm³/mol. The number of alkyl halides is 4. The molecule has 4 rings (SSSR count). The monoisotopic (exact) mass is 531 g/mol. The van der Waals surface area contributed by atoms with E-state index in [0.29, 0.717) is 41.0 Å². The van der Waals surface area contributed by atoms with E-state index in [0.717, 1.165) is 0 Å². The Balaban J connectivity index is 1.40. The number of nitrogens with zero attached hydrogens (tertiary/aromatic N) is 3. The van der Waals surface area contributed by atoms with Crippen molar-refractivity contribution in [3.63, 3.8) is 0 Å². The maximum atomic E-state index is 15.0. The van der Waals surface area contributed by atoms with Crippen molar-refractivity contribution in [1.29, 1.82) is 0 Å². The Hall–Kier alpha value is -2.95. The lowest BCUT2D eigenvalue weighted by atomic mass is 10.0. The number of anilines is 2. The van der Waals surface area contributed by atoms with E-state index in [4.69, 9.17) is 26.2 Å². The van der Waals surface area contributed by atoms with E-state index in [-0.39, 0.29) is 25.9 Å². The van der Waals surface area contributed by atoms with E-state index in [1.54, 1.807) is 35.2 Å². The molecule has 2 unspecified atom stereocenters. The maximum Gasteiger partial charge on any atom is 0.393 e. The second-order valence-electron chi connectivity index (χ2n) is 8.96. The molecule has 2 aliphatic heterocycles. The van der Waals surface area contributed by atoms with Gasteiger partial charge >= 0.3 is 12.1 Å². The van der Waals surface area contributed by atoms with Crippen LogP contribution in [0.2, 0.25) is 5.02 Å². The van der Waals surface area contributed by atoms with Crippen LogP contribution in [0.25, 0.3) is 0 Å². The molecule has 0 radical (unpaired) electrons. The van der Waals surface area contributed by atoms with Gasteiger partial charge in [0.25, 0.3) is 0 Å². The quantitative estimate of drug-likeness (QED) is 0.506. The molecule has 2 aromatic rings. The molecule has 7 nitrogen and oxygen atoms in total. The first-order chi connectivity index (χ1) is 17.0. The topological polar surface area (TPSA) is 75.1 Å². The van der Waals surface area contributed by atoms with Crippen molar-refractivity contribution in [1.82, 2.24) is 4.98 Å². The fraction of sp³-hybridized carbons (Fsp3) is 0.500. The number of halogens is 5. The largest absolute Gasteiger partial charge is 0.487 e. The summed E-state index contributed by atoms with van der Waals surface area (Å²) in [4.78, 5) is 18.5. The molecule has 1 aromatic heterocycles. The molecule has 0 spiro atoms. The Morgan fingerprint density at radius 2 is 1.97 bits per heavy atom. The standard InChI is InChI=1S/C24H26ClF4N3O4/c1-35-22-10-20(18(25)11-30-22)31-7-6-21(19(26)13-31)36-17-4-2-15(3-5-17)32-12-14(24(27,28)29)8-16(32)9-23(33)34/h2-5,10-11,14,16,19,21H,6-9,12-13H2,1H3,(H,33,34)/t14-,16-,19?,21?/m1/s1. The summed E-state index contributed by atoms with van der Waals surface area (Å²) in [6, 6.07) is 7.17. The molecule has 2 fully saturated rings. The molecule has 3 heterocycles. The molecule has 196 valence electrons. The second-order valence-corrected chi connectivity index (χ2v) is 9.36. The maximum absolute atomic E-state index is 15.0. The number of carboxylic acid groups (broad SMARTS) is 1. The Morgan fingerprint density at radius 3 is 2.58 bits per heavy atom. The lowest BCUT2D eigenvalue weighted by Gasteiger charge is -2.36. The van der Waals surface area contributed by atoms with Crippen LogP contribution in [0.4, 0.5) is 28.9 Å². The van der Waals surface area contributed by atoms with Crippen molar-refractivity contribution >= 4 is 28.9 Å². The van der Waals surface area contributed by atoms with Crippen molar-refractivity contribution in [3.05, 3.63) is 41.6 Å². The van der Waals surface area contributed by atoms with Crippen LogP contribution in [0.1, 0.15) is 19.3 Å². The van der Waals surface area contributed by atoms with Crippen molar-refractivity contribution in [3.8, 4) is 11.6 Å². The van der Waals surface area contributed by atoms with E-state index in [9.17, 15) is 18.0 Å². The number of methoxy groups -OCH3 is 1. The van der Waals surface area contributed by atoms with Crippen LogP contribution in [0, 0.1) is 5.92 Å². The Morgan fingerprint density at radius 1 is 1.25 bits per heavy atom. The number of aromatic nitrogens is 1. The highest BCUT2D eigenvalue weighted by Crippen LogP contribution is 2.40. The summed E-state index contributed by atoms with van der Waals surface area (Å²) >= 11 is 6.23.